The van der Waals surface area contributed by atoms with Crippen LogP contribution in [0.1, 0.15) is 35.1 Å². The molecule has 1 saturated heterocycles. The largest absolute Gasteiger partial charge is 0.481 e. The molecule has 4 rings (SSSR count). The van der Waals surface area contributed by atoms with E-state index in [0.29, 0.717) is 24.2 Å². The molecule has 176 valence electrons. The molecule has 0 amide bonds. The van der Waals surface area contributed by atoms with Crippen molar-refractivity contribution in [3.8, 4) is 0 Å². The van der Waals surface area contributed by atoms with E-state index in [0.717, 1.165) is 47.6 Å². The van der Waals surface area contributed by atoms with E-state index in [1.807, 2.05) is 37.3 Å². The van der Waals surface area contributed by atoms with Crippen LogP contribution in [0.5, 0.6) is 0 Å². The molecule has 2 aromatic carbocycles. The molecule has 8 nitrogen and oxygen atoms in total. The molecule has 0 bridgehead atoms. The van der Waals surface area contributed by atoms with Gasteiger partial charge in [0.15, 0.2) is 0 Å². The molecule has 0 unspecified atom stereocenters. The van der Waals surface area contributed by atoms with Crippen molar-refractivity contribution in [3.05, 3.63) is 82.9 Å². The summed E-state index contributed by atoms with van der Waals surface area (Å²) in [5.74, 6) is -0.904. The fourth-order valence-corrected chi connectivity index (χ4v) is 4.33. The summed E-state index contributed by atoms with van der Waals surface area (Å²) in [6, 6.07) is 13.8. The minimum Gasteiger partial charge on any atom is -0.481 e. The number of nitrogens with zero attached hydrogens (tertiary/aromatic N) is 3. The van der Waals surface area contributed by atoms with E-state index in [1.54, 1.807) is 6.07 Å². The number of anilines is 1. The number of benzene rings is 2. The van der Waals surface area contributed by atoms with Crippen molar-refractivity contribution in [2.45, 2.75) is 26.3 Å². The number of carboxylic acids is 1. The Bertz CT molecular complexity index is 1160. The van der Waals surface area contributed by atoms with Gasteiger partial charge in [0.25, 0.3) is 0 Å². The first kappa shape index (κ1) is 23.4. The van der Waals surface area contributed by atoms with Crippen molar-refractivity contribution in [2.75, 3.05) is 18.6 Å². The van der Waals surface area contributed by atoms with Gasteiger partial charge in [-0.25, -0.2) is 4.99 Å². The summed E-state index contributed by atoms with van der Waals surface area (Å²) in [4.78, 5) is 17.9. The van der Waals surface area contributed by atoms with E-state index < -0.39 is 5.97 Å². The average Bonchev–Trinajstić information content (AvgIpc) is 2.83. The van der Waals surface area contributed by atoms with Crippen molar-refractivity contribution in [2.24, 2.45) is 16.0 Å². The Morgan fingerprint density at radius 1 is 1.21 bits per heavy atom. The standard InChI is InChI=1S/C26H29N5O3/c1-17-14-24(29-28-16-27-25(17)22-4-3-5-23(30-34)18(22)2)20-8-6-19(7-9-20)15-31-12-10-21(11-13-31)26(32)33/h3-9,14,16,21,29-30,34H,1,10-13,15H2,2H3,(H,32,33)/b24-14-,27-25+,28-16-. The zero-order chi connectivity index (χ0) is 24.1. The summed E-state index contributed by atoms with van der Waals surface area (Å²) in [6.07, 6.45) is 4.77. The van der Waals surface area contributed by atoms with Gasteiger partial charge in [-0.2, -0.15) is 5.10 Å². The van der Waals surface area contributed by atoms with Gasteiger partial charge in [-0.05, 0) is 67.3 Å². The first-order chi connectivity index (χ1) is 16.5. The van der Waals surface area contributed by atoms with Gasteiger partial charge in [0.1, 0.15) is 6.34 Å². The van der Waals surface area contributed by atoms with Crippen LogP contribution in [0, 0.1) is 12.8 Å². The maximum Gasteiger partial charge on any atom is 0.306 e. The number of hydrazone groups is 1. The van der Waals surface area contributed by atoms with E-state index in [-0.39, 0.29) is 5.92 Å². The Balaban J connectivity index is 1.48. The van der Waals surface area contributed by atoms with Crippen molar-refractivity contribution in [1.82, 2.24) is 10.3 Å². The molecule has 2 aromatic rings. The molecule has 0 aromatic heterocycles. The Hall–Kier alpha value is -3.75. The lowest BCUT2D eigenvalue weighted by Crippen LogP contribution is -2.35. The van der Waals surface area contributed by atoms with Crippen LogP contribution < -0.4 is 10.9 Å². The van der Waals surface area contributed by atoms with Crippen LogP contribution in [0.2, 0.25) is 0 Å². The fourth-order valence-electron chi connectivity index (χ4n) is 4.33. The second-order valence-corrected chi connectivity index (χ2v) is 8.59. The van der Waals surface area contributed by atoms with E-state index in [4.69, 9.17) is 0 Å². The van der Waals surface area contributed by atoms with Crippen LogP contribution in [-0.2, 0) is 11.3 Å². The molecule has 4 N–H and O–H groups in total. The molecular weight excluding hydrogens is 430 g/mol. The van der Waals surface area contributed by atoms with E-state index >= 15 is 0 Å². The number of aliphatic imine (C=N–C) groups is 1. The molecule has 0 saturated carbocycles. The first-order valence-corrected chi connectivity index (χ1v) is 11.3. The number of nitrogens with one attached hydrogen (secondary N) is 2. The Labute approximate surface area is 199 Å². The van der Waals surface area contributed by atoms with Crippen LogP contribution >= 0.6 is 0 Å². The number of aliphatic carboxylic acids is 1. The highest BCUT2D eigenvalue weighted by molar-refractivity contribution is 6.18. The van der Waals surface area contributed by atoms with Crippen molar-refractivity contribution in [3.63, 3.8) is 0 Å². The van der Waals surface area contributed by atoms with Crippen LogP contribution in [0.4, 0.5) is 5.69 Å². The maximum atomic E-state index is 11.2. The van der Waals surface area contributed by atoms with Gasteiger partial charge in [0.05, 0.1) is 23.0 Å². The number of piperidine rings is 1. The van der Waals surface area contributed by atoms with Gasteiger partial charge in [-0.15, -0.1) is 0 Å². The van der Waals surface area contributed by atoms with Gasteiger partial charge in [0.2, 0.25) is 0 Å². The zero-order valence-corrected chi connectivity index (χ0v) is 19.2. The second kappa shape index (κ2) is 10.5. The van der Waals surface area contributed by atoms with Gasteiger partial charge in [-0.1, -0.05) is 43.0 Å². The van der Waals surface area contributed by atoms with Gasteiger partial charge in [-0.3, -0.25) is 25.8 Å². The minimum absolute atomic E-state index is 0.218. The minimum atomic E-state index is -0.686. The third-order valence-corrected chi connectivity index (χ3v) is 6.37. The van der Waals surface area contributed by atoms with Crippen LogP contribution in [0.25, 0.3) is 5.70 Å². The van der Waals surface area contributed by atoms with Crippen molar-refractivity contribution in [1.29, 1.82) is 0 Å². The highest BCUT2D eigenvalue weighted by atomic mass is 16.5. The molecule has 1 fully saturated rings. The summed E-state index contributed by atoms with van der Waals surface area (Å²) in [7, 11) is 0. The summed E-state index contributed by atoms with van der Waals surface area (Å²) >= 11 is 0. The van der Waals surface area contributed by atoms with Crippen LogP contribution in [0.15, 0.2) is 70.8 Å². The number of rotatable bonds is 6. The van der Waals surface area contributed by atoms with E-state index in [9.17, 15) is 15.1 Å². The molecule has 0 radical (unpaired) electrons. The second-order valence-electron chi connectivity index (χ2n) is 8.59. The highest BCUT2D eigenvalue weighted by Crippen LogP contribution is 2.25. The first-order valence-electron chi connectivity index (χ1n) is 11.3. The number of hydrogen-bond acceptors (Lipinski definition) is 7. The molecule has 2 aliphatic heterocycles. The quantitative estimate of drug-likeness (QED) is 0.486. The van der Waals surface area contributed by atoms with Crippen LogP contribution in [0.3, 0.4) is 0 Å². The summed E-state index contributed by atoms with van der Waals surface area (Å²) in [5.41, 5.74) is 11.9. The number of allylic oxidation sites excluding steroid dienone is 2. The summed E-state index contributed by atoms with van der Waals surface area (Å²) < 4.78 is 0. The average molecular weight is 460 g/mol. The Kier molecular flexibility index (Phi) is 7.20. The monoisotopic (exact) mass is 459 g/mol. The summed E-state index contributed by atoms with van der Waals surface area (Å²) in [6.45, 7) is 8.53. The van der Waals surface area contributed by atoms with Crippen molar-refractivity contribution >= 4 is 29.4 Å². The SMILES string of the molecule is C=C1/C=C(/c2ccc(CN3CCC(C(=O)O)CC3)cc2)N/N=C\N=C/1c1cccc(NO)c1C. The fraction of sp³-hybridized carbons (Fsp3) is 0.269. The molecule has 8 heteroatoms. The van der Waals surface area contributed by atoms with Gasteiger partial charge >= 0.3 is 5.97 Å². The molecule has 2 heterocycles. The maximum absolute atomic E-state index is 11.2. The van der Waals surface area contributed by atoms with Gasteiger partial charge < -0.3 is 5.11 Å². The van der Waals surface area contributed by atoms with Crippen molar-refractivity contribution < 1.29 is 15.1 Å². The smallest absolute Gasteiger partial charge is 0.306 e. The lowest BCUT2D eigenvalue weighted by molar-refractivity contribution is -0.143. The topological polar surface area (TPSA) is 110 Å². The predicted molar refractivity (Wildman–Crippen MR) is 134 cm³/mol. The third-order valence-electron chi connectivity index (χ3n) is 6.37. The highest BCUT2D eigenvalue weighted by Gasteiger charge is 2.24. The molecule has 2 aliphatic rings. The summed E-state index contributed by atoms with van der Waals surface area (Å²) in [5, 5.41) is 22.8. The van der Waals surface area contributed by atoms with E-state index in [2.05, 4.69) is 44.6 Å². The molecule has 0 aliphatic carbocycles. The number of hydrogen-bond donors (Lipinski definition) is 4. The normalized spacial score (nSPS) is 21.3. The van der Waals surface area contributed by atoms with E-state index in [1.165, 1.54) is 11.9 Å². The Morgan fingerprint density at radius 3 is 2.62 bits per heavy atom. The Morgan fingerprint density at radius 2 is 1.94 bits per heavy atom. The van der Waals surface area contributed by atoms with Crippen LogP contribution in [-0.4, -0.2) is 46.3 Å². The molecule has 34 heavy (non-hydrogen) atoms. The molecule has 0 spiro atoms. The van der Waals surface area contributed by atoms with Gasteiger partial charge in [0, 0.05) is 12.1 Å². The molecule has 0 atom stereocenters. The zero-order valence-electron chi connectivity index (χ0n) is 19.2. The molecular formula is C26H29N5O3. The number of carboxylic acid groups (broad SMARTS) is 1. The lowest BCUT2D eigenvalue weighted by atomic mass is 9.96. The number of carbonyl (C=O) groups is 1. The lowest BCUT2D eigenvalue weighted by Gasteiger charge is -2.30. The number of likely N-dealkylation sites (tertiary alicyclic amines) is 1. The predicted octanol–water partition coefficient (Wildman–Crippen LogP) is 4.03. The third kappa shape index (κ3) is 5.24.